The lowest BCUT2D eigenvalue weighted by molar-refractivity contribution is 0.642. The molecule has 5 heterocycles. The molecule has 1 saturated heterocycles. The molecular weight excluding hydrogens is 320 g/mol. The second-order valence-electron chi connectivity index (χ2n) is 6.01. The van der Waals surface area contributed by atoms with Crippen molar-refractivity contribution >= 4 is 28.4 Å². The minimum absolute atomic E-state index is 0.727. The average molecular weight is 336 g/mol. The number of nitrogens with zero attached hydrogens (tertiary/aromatic N) is 10. The van der Waals surface area contributed by atoms with E-state index in [4.69, 9.17) is 0 Å². The highest BCUT2D eigenvalue weighted by Gasteiger charge is 2.23. The Balaban J connectivity index is 1.43. The van der Waals surface area contributed by atoms with Gasteiger partial charge in [-0.25, -0.2) is 19.9 Å². The van der Waals surface area contributed by atoms with Crippen molar-refractivity contribution in [1.29, 1.82) is 0 Å². The first-order valence-electron chi connectivity index (χ1n) is 8.07. The largest absolute Gasteiger partial charge is 0.351 e. The van der Waals surface area contributed by atoms with Crippen LogP contribution in [0.15, 0.2) is 31.4 Å². The molecule has 0 amide bonds. The predicted octanol–water partition coefficient (Wildman–Crippen LogP) is 0.128. The monoisotopic (exact) mass is 336 g/mol. The SMILES string of the molecule is Cn1cnc2ncnc(N3CCN(c4nccn5cnnc45)CC3)c21. The zero-order chi connectivity index (χ0) is 16.8. The van der Waals surface area contributed by atoms with Gasteiger partial charge in [0, 0.05) is 45.6 Å². The van der Waals surface area contributed by atoms with E-state index in [2.05, 4.69) is 39.9 Å². The average Bonchev–Trinajstić information content (AvgIpc) is 3.28. The number of hydrogen-bond donors (Lipinski definition) is 0. The highest BCUT2D eigenvalue weighted by molar-refractivity contribution is 5.83. The van der Waals surface area contributed by atoms with Crippen molar-refractivity contribution in [2.75, 3.05) is 36.0 Å². The lowest BCUT2D eigenvalue weighted by Crippen LogP contribution is -2.47. The van der Waals surface area contributed by atoms with Crippen molar-refractivity contribution in [2.45, 2.75) is 0 Å². The van der Waals surface area contributed by atoms with Gasteiger partial charge in [0.1, 0.15) is 18.2 Å². The first-order chi connectivity index (χ1) is 12.3. The van der Waals surface area contributed by atoms with Gasteiger partial charge in [-0.1, -0.05) is 0 Å². The van der Waals surface area contributed by atoms with E-state index in [1.807, 2.05) is 22.2 Å². The summed E-state index contributed by atoms with van der Waals surface area (Å²) in [5.74, 6) is 1.80. The van der Waals surface area contributed by atoms with Crippen LogP contribution in [0.5, 0.6) is 0 Å². The third-order valence-electron chi connectivity index (χ3n) is 4.57. The Kier molecular flexibility index (Phi) is 3.02. The number of piperazine rings is 1. The maximum Gasteiger partial charge on any atom is 0.203 e. The zero-order valence-corrected chi connectivity index (χ0v) is 13.7. The molecule has 0 aliphatic carbocycles. The molecular formula is C15H16N10. The topological polar surface area (TPSA) is 93.2 Å². The molecule has 0 N–H and O–H groups in total. The highest BCUT2D eigenvalue weighted by Crippen LogP contribution is 2.24. The smallest absolute Gasteiger partial charge is 0.203 e. The van der Waals surface area contributed by atoms with Crippen molar-refractivity contribution in [2.24, 2.45) is 7.05 Å². The van der Waals surface area contributed by atoms with Crippen LogP contribution >= 0.6 is 0 Å². The van der Waals surface area contributed by atoms with Crippen LogP contribution in [0, 0.1) is 0 Å². The molecule has 4 aromatic rings. The van der Waals surface area contributed by atoms with Gasteiger partial charge in [-0.15, -0.1) is 10.2 Å². The molecule has 5 rings (SSSR count). The number of hydrogen-bond acceptors (Lipinski definition) is 8. The van der Waals surface area contributed by atoms with Gasteiger partial charge in [0.25, 0.3) is 0 Å². The lowest BCUT2D eigenvalue weighted by Gasteiger charge is -2.36. The molecule has 10 nitrogen and oxygen atoms in total. The van der Waals surface area contributed by atoms with E-state index in [-0.39, 0.29) is 0 Å². The van der Waals surface area contributed by atoms with Crippen molar-refractivity contribution < 1.29 is 0 Å². The van der Waals surface area contributed by atoms with Gasteiger partial charge in [0.05, 0.1) is 6.33 Å². The number of aryl methyl sites for hydroxylation is 1. The van der Waals surface area contributed by atoms with Crippen LogP contribution in [-0.4, -0.2) is 65.3 Å². The summed E-state index contributed by atoms with van der Waals surface area (Å²) in [5.41, 5.74) is 2.48. The number of rotatable bonds is 2. The predicted molar refractivity (Wildman–Crippen MR) is 91.5 cm³/mol. The molecule has 1 fully saturated rings. The molecule has 126 valence electrons. The molecule has 0 spiro atoms. The zero-order valence-electron chi connectivity index (χ0n) is 13.7. The van der Waals surface area contributed by atoms with E-state index >= 15 is 0 Å². The van der Waals surface area contributed by atoms with Crippen molar-refractivity contribution in [3.8, 4) is 0 Å². The second-order valence-corrected chi connectivity index (χ2v) is 6.01. The Hall–Kier alpha value is -3.30. The standard InChI is InChI=1S/C15H16N10/c1-22-9-19-12-11(22)13(18-8-17-12)23-4-6-24(7-5-23)14-15-21-20-10-25(15)3-2-16-14/h2-3,8-10H,4-7H2,1H3. The molecule has 0 bridgehead atoms. The fourth-order valence-corrected chi connectivity index (χ4v) is 3.30. The summed E-state index contributed by atoms with van der Waals surface area (Å²) in [5, 5.41) is 8.15. The third kappa shape index (κ3) is 2.17. The van der Waals surface area contributed by atoms with E-state index in [1.54, 1.807) is 25.2 Å². The van der Waals surface area contributed by atoms with Crippen LogP contribution in [0.25, 0.3) is 16.8 Å². The molecule has 0 atom stereocenters. The van der Waals surface area contributed by atoms with E-state index < -0.39 is 0 Å². The third-order valence-corrected chi connectivity index (χ3v) is 4.57. The van der Waals surface area contributed by atoms with Gasteiger partial charge < -0.3 is 14.4 Å². The van der Waals surface area contributed by atoms with Crippen LogP contribution < -0.4 is 9.80 Å². The summed E-state index contributed by atoms with van der Waals surface area (Å²) in [6.07, 6.45) is 8.68. The summed E-state index contributed by atoms with van der Waals surface area (Å²) in [6, 6.07) is 0. The lowest BCUT2D eigenvalue weighted by atomic mass is 10.3. The summed E-state index contributed by atoms with van der Waals surface area (Å²) in [4.78, 5) is 22.1. The maximum absolute atomic E-state index is 4.50. The quantitative estimate of drug-likeness (QED) is 0.510. The molecule has 0 aromatic carbocycles. The molecule has 4 aromatic heterocycles. The van der Waals surface area contributed by atoms with Crippen LogP contribution in [0.4, 0.5) is 11.6 Å². The summed E-state index contributed by atoms with van der Waals surface area (Å²) in [6.45, 7) is 3.36. The molecule has 1 aliphatic rings. The Morgan fingerprint density at radius 2 is 1.68 bits per heavy atom. The van der Waals surface area contributed by atoms with Gasteiger partial charge in [-0.2, -0.15) is 0 Å². The van der Waals surface area contributed by atoms with E-state index in [0.717, 1.165) is 54.6 Å². The molecule has 0 unspecified atom stereocenters. The molecule has 0 saturated carbocycles. The van der Waals surface area contributed by atoms with Crippen LogP contribution in [0.2, 0.25) is 0 Å². The van der Waals surface area contributed by atoms with E-state index in [1.165, 1.54) is 0 Å². The second kappa shape index (κ2) is 5.36. The Morgan fingerprint density at radius 1 is 0.880 bits per heavy atom. The minimum atomic E-state index is 0.727. The number of aromatic nitrogens is 8. The van der Waals surface area contributed by atoms with Crippen molar-refractivity contribution in [3.63, 3.8) is 0 Å². The van der Waals surface area contributed by atoms with Crippen LogP contribution in [0.1, 0.15) is 0 Å². The fourth-order valence-electron chi connectivity index (χ4n) is 3.30. The van der Waals surface area contributed by atoms with Gasteiger partial charge in [-0.05, 0) is 0 Å². The molecule has 25 heavy (non-hydrogen) atoms. The van der Waals surface area contributed by atoms with Crippen molar-refractivity contribution in [1.82, 2.24) is 39.1 Å². The maximum atomic E-state index is 4.50. The fraction of sp³-hybridized carbons (Fsp3) is 0.333. The number of imidazole rings is 1. The Bertz CT molecular complexity index is 1040. The highest BCUT2D eigenvalue weighted by atomic mass is 15.3. The first-order valence-corrected chi connectivity index (χ1v) is 8.07. The van der Waals surface area contributed by atoms with Gasteiger partial charge in [0.2, 0.25) is 5.65 Å². The first kappa shape index (κ1) is 14.1. The van der Waals surface area contributed by atoms with Crippen LogP contribution in [-0.2, 0) is 7.05 Å². The van der Waals surface area contributed by atoms with E-state index in [9.17, 15) is 0 Å². The van der Waals surface area contributed by atoms with Crippen molar-refractivity contribution in [3.05, 3.63) is 31.4 Å². The summed E-state index contributed by atoms with van der Waals surface area (Å²) in [7, 11) is 1.97. The Morgan fingerprint density at radius 3 is 2.52 bits per heavy atom. The molecule has 1 aliphatic heterocycles. The van der Waals surface area contributed by atoms with Gasteiger partial charge in [-0.3, -0.25) is 4.40 Å². The summed E-state index contributed by atoms with van der Waals surface area (Å²) >= 11 is 0. The van der Waals surface area contributed by atoms with Crippen LogP contribution in [0.3, 0.4) is 0 Å². The Labute approximate surface area is 142 Å². The number of anilines is 2. The number of fused-ring (bicyclic) bond motifs is 2. The molecule has 10 heteroatoms. The van der Waals surface area contributed by atoms with E-state index in [0.29, 0.717) is 0 Å². The van der Waals surface area contributed by atoms with Gasteiger partial charge in [0.15, 0.2) is 17.3 Å². The van der Waals surface area contributed by atoms with Gasteiger partial charge >= 0.3 is 0 Å². The molecule has 0 radical (unpaired) electrons. The summed E-state index contributed by atoms with van der Waals surface area (Å²) < 4.78 is 3.85. The minimum Gasteiger partial charge on any atom is -0.351 e. The normalized spacial score (nSPS) is 15.4.